The summed E-state index contributed by atoms with van der Waals surface area (Å²) in [6.07, 6.45) is 2.98. The molecule has 3 rings (SSSR count). The Labute approximate surface area is 171 Å². The lowest BCUT2D eigenvalue weighted by Crippen LogP contribution is -2.37. The number of hydrogen-bond acceptors (Lipinski definition) is 4. The van der Waals surface area contributed by atoms with Crippen LogP contribution in [0.5, 0.6) is 5.75 Å². The largest absolute Gasteiger partial charge is 0.496 e. The molecule has 0 aromatic heterocycles. The van der Waals surface area contributed by atoms with Crippen LogP contribution < -0.4 is 4.74 Å². The van der Waals surface area contributed by atoms with E-state index in [0.29, 0.717) is 25.9 Å². The van der Waals surface area contributed by atoms with E-state index in [4.69, 9.17) is 14.6 Å². The maximum atomic E-state index is 13.0. The van der Waals surface area contributed by atoms with Gasteiger partial charge < -0.3 is 19.5 Å². The molecule has 1 N–H and O–H groups in total. The van der Waals surface area contributed by atoms with Crippen LogP contribution >= 0.6 is 0 Å². The molecule has 1 aliphatic heterocycles. The van der Waals surface area contributed by atoms with Crippen LogP contribution in [0.4, 0.5) is 0 Å². The molecule has 154 valence electrons. The summed E-state index contributed by atoms with van der Waals surface area (Å²) in [5.41, 5.74) is 2.15. The average molecular weight is 397 g/mol. The Balaban J connectivity index is 1.67. The minimum Gasteiger partial charge on any atom is -0.496 e. The van der Waals surface area contributed by atoms with Gasteiger partial charge in [-0.3, -0.25) is 4.79 Å². The molecule has 6 nitrogen and oxygen atoms in total. The molecule has 6 heteroatoms. The van der Waals surface area contributed by atoms with Crippen molar-refractivity contribution in [3.05, 3.63) is 65.2 Å². The summed E-state index contributed by atoms with van der Waals surface area (Å²) in [5, 5.41) is 9.00. The van der Waals surface area contributed by atoms with Crippen molar-refractivity contribution in [1.29, 1.82) is 0 Å². The number of methoxy groups -OCH3 is 1. The number of ether oxygens (including phenoxy) is 2. The van der Waals surface area contributed by atoms with Crippen molar-refractivity contribution in [1.82, 2.24) is 4.90 Å². The number of amides is 1. The van der Waals surface area contributed by atoms with Crippen LogP contribution in [0.1, 0.15) is 40.7 Å². The Kier molecular flexibility index (Phi) is 7.25. The highest BCUT2D eigenvalue weighted by atomic mass is 16.5. The number of rotatable bonds is 9. The van der Waals surface area contributed by atoms with E-state index in [0.717, 1.165) is 36.3 Å². The minimum atomic E-state index is -0.952. The Bertz CT molecular complexity index is 827. The van der Waals surface area contributed by atoms with E-state index in [2.05, 4.69) is 0 Å². The summed E-state index contributed by atoms with van der Waals surface area (Å²) in [7, 11) is 1.63. The number of aromatic carboxylic acids is 1. The number of nitrogens with zero attached hydrogens (tertiary/aromatic N) is 1. The van der Waals surface area contributed by atoms with Crippen LogP contribution in [0.2, 0.25) is 0 Å². The molecule has 1 fully saturated rings. The lowest BCUT2D eigenvalue weighted by atomic mass is 10.1. The molecule has 1 heterocycles. The van der Waals surface area contributed by atoms with E-state index >= 15 is 0 Å². The molecule has 1 aliphatic rings. The van der Waals surface area contributed by atoms with Gasteiger partial charge in [-0.1, -0.05) is 30.3 Å². The van der Waals surface area contributed by atoms with Crippen LogP contribution in [-0.4, -0.2) is 48.2 Å². The van der Waals surface area contributed by atoms with E-state index in [9.17, 15) is 9.59 Å². The molecule has 1 unspecified atom stereocenters. The number of carboxylic acids is 1. The molecule has 29 heavy (non-hydrogen) atoms. The lowest BCUT2D eigenvalue weighted by Gasteiger charge is -2.26. The number of hydrogen-bond donors (Lipinski definition) is 1. The van der Waals surface area contributed by atoms with Crippen LogP contribution in [0.15, 0.2) is 48.5 Å². The molecular weight excluding hydrogens is 370 g/mol. The van der Waals surface area contributed by atoms with Crippen molar-refractivity contribution >= 4 is 11.9 Å². The molecule has 0 bridgehead atoms. The van der Waals surface area contributed by atoms with Gasteiger partial charge in [0.2, 0.25) is 5.91 Å². The summed E-state index contributed by atoms with van der Waals surface area (Å²) in [5.74, 6) is -0.136. The zero-order valence-corrected chi connectivity index (χ0v) is 16.7. The van der Waals surface area contributed by atoms with Crippen LogP contribution in [0.3, 0.4) is 0 Å². The predicted molar refractivity (Wildman–Crippen MR) is 109 cm³/mol. The van der Waals surface area contributed by atoms with E-state index in [1.54, 1.807) is 31.4 Å². The van der Waals surface area contributed by atoms with Crippen LogP contribution in [0.25, 0.3) is 0 Å². The van der Waals surface area contributed by atoms with Crippen molar-refractivity contribution in [2.75, 3.05) is 20.3 Å². The fourth-order valence-corrected chi connectivity index (χ4v) is 3.55. The highest BCUT2D eigenvalue weighted by Crippen LogP contribution is 2.22. The van der Waals surface area contributed by atoms with E-state index < -0.39 is 5.97 Å². The second kappa shape index (κ2) is 10.1. The van der Waals surface area contributed by atoms with Gasteiger partial charge in [-0.15, -0.1) is 0 Å². The van der Waals surface area contributed by atoms with Crippen molar-refractivity contribution in [2.24, 2.45) is 0 Å². The fraction of sp³-hybridized carbons (Fsp3) is 0.391. The summed E-state index contributed by atoms with van der Waals surface area (Å²) in [6, 6.07) is 14.4. The van der Waals surface area contributed by atoms with Gasteiger partial charge >= 0.3 is 5.97 Å². The summed E-state index contributed by atoms with van der Waals surface area (Å²) >= 11 is 0. The van der Waals surface area contributed by atoms with Gasteiger partial charge in [-0.25, -0.2) is 4.79 Å². The first kappa shape index (κ1) is 20.9. The second-order valence-electron chi connectivity index (χ2n) is 7.22. The number of carbonyl (C=O) groups excluding carboxylic acids is 1. The van der Waals surface area contributed by atoms with Gasteiger partial charge in [0, 0.05) is 31.7 Å². The van der Waals surface area contributed by atoms with Gasteiger partial charge in [0.1, 0.15) is 5.75 Å². The van der Waals surface area contributed by atoms with Crippen LogP contribution in [0, 0.1) is 0 Å². The molecule has 0 spiro atoms. The first-order chi connectivity index (χ1) is 14.1. The average Bonchev–Trinajstić information content (AvgIpc) is 3.25. The first-order valence-corrected chi connectivity index (χ1v) is 9.90. The predicted octanol–water partition coefficient (Wildman–Crippen LogP) is 3.53. The molecule has 1 amide bonds. The maximum absolute atomic E-state index is 13.0. The van der Waals surface area contributed by atoms with Crippen molar-refractivity contribution in [3.8, 4) is 5.75 Å². The number of para-hydroxylation sites is 1. The van der Waals surface area contributed by atoms with Crippen molar-refractivity contribution in [2.45, 2.75) is 38.3 Å². The quantitative estimate of drug-likeness (QED) is 0.700. The smallest absolute Gasteiger partial charge is 0.335 e. The highest BCUT2D eigenvalue weighted by Gasteiger charge is 2.23. The highest BCUT2D eigenvalue weighted by molar-refractivity contribution is 5.87. The first-order valence-electron chi connectivity index (χ1n) is 9.90. The normalized spacial score (nSPS) is 15.8. The van der Waals surface area contributed by atoms with Gasteiger partial charge in [-0.05, 0) is 43.0 Å². The molecule has 0 aliphatic carbocycles. The summed E-state index contributed by atoms with van der Waals surface area (Å²) < 4.78 is 11.2. The Morgan fingerprint density at radius 2 is 1.93 bits per heavy atom. The molecular formula is C23H27NO5. The standard InChI is InChI=1S/C23H27NO5/c1-28-21-7-3-2-5-19(21)15-24(16-20-6-4-14-29-20)22(25)13-10-17-8-11-18(12-9-17)23(26)27/h2-3,5,7-9,11-12,20H,4,6,10,13-16H2,1H3,(H,26,27). The van der Waals surface area contributed by atoms with Crippen molar-refractivity contribution in [3.63, 3.8) is 0 Å². The summed E-state index contributed by atoms with van der Waals surface area (Å²) in [4.78, 5) is 25.8. The number of benzene rings is 2. The van der Waals surface area contributed by atoms with Gasteiger partial charge in [0.25, 0.3) is 0 Å². The Hall–Kier alpha value is -2.86. The van der Waals surface area contributed by atoms with Crippen LogP contribution in [-0.2, 0) is 22.5 Å². The van der Waals surface area contributed by atoms with Gasteiger partial charge in [-0.2, -0.15) is 0 Å². The van der Waals surface area contributed by atoms with E-state index in [1.165, 1.54) is 0 Å². The number of aryl methyl sites for hydroxylation is 1. The Morgan fingerprint density at radius 1 is 1.17 bits per heavy atom. The van der Waals surface area contributed by atoms with Crippen molar-refractivity contribution < 1.29 is 24.2 Å². The topological polar surface area (TPSA) is 76.1 Å². The zero-order chi connectivity index (χ0) is 20.6. The molecule has 2 aromatic carbocycles. The van der Waals surface area contributed by atoms with Gasteiger partial charge in [0.05, 0.1) is 18.8 Å². The molecule has 0 saturated carbocycles. The van der Waals surface area contributed by atoms with Gasteiger partial charge in [0.15, 0.2) is 0 Å². The second-order valence-corrected chi connectivity index (χ2v) is 7.22. The number of carbonyl (C=O) groups is 2. The summed E-state index contributed by atoms with van der Waals surface area (Å²) in [6.45, 7) is 1.78. The molecule has 1 saturated heterocycles. The molecule has 2 aromatic rings. The SMILES string of the molecule is COc1ccccc1CN(CC1CCCO1)C(=O)CCc1ccc(C(=O)O)cc1. The zero-order valence-electron chi connectivity index (χ0n) is 16.7. The van der Waals surface area contributed by atoms with E-state index in [1.807, 2.05) is 29.2 Å². The third kappa shape index (κ3) is 5.81. The third-order valence-electron chi connectivity index (χ3n) is 5.18. The number of carboxylic acid groups (broad SMARTS) is 1. The molecule has 1 atom stereocenters. The monoisotopic (exact) mass is 397 g/mol. The Morgan fingerprint density at radius 3 is 2.59 bits per heavy atom. The fourth-order valence-electron chi connectivity index (χ4n) is 3.55. The minimum absolute atomic E-state index is 0.0497. The van der Waals surface area contributed by atoms with E-state index in [-0.39, 0.29) is 17.6 Å². The third-order valence-corrected chi connectivity index (χ3v) is 5.18. The maximum Gasteiger partial charge on any atom is 0.335 e. The molecule has 0 radical (unpaired) electrons. The lowest BCUT2D eigenvalue weighted by molar-refractivity contribution is -0.133.